The lowest BCUT2D eigenvalue weighted by molar-refractivity contribution is 0.0467. The summed E-state index contributed by atoms with van der Waals surface area (Å²) < 4.78 is 40.3. The highest BCUT2D eigenvalue weighted by molar-refractivity contribution is 7.89. The smallest absolute Gasteiger partial charge is 0.338 e. The van der Waals surface area contributed by atoms with Gasteiger partial charge in [-0.25, -0.2) is 18.2 Å². The SMILES string of the molecule is COc1ccc(C(=O)OCc2cc(=O)n3ccccc3n2)cc1S(=O)(=O)N1CC(C)CC(C)C1. The van der Waals surface area contributed by atoms with Crippen LogP contribution in [-0.4, -0.2) is 48.3 Å². The Morgan fingerprint density at radius 1 is 1.12 bits per heavy atom. The molecule has 2 aromatic heterocycles. The summed E-state index contributed by atoms with van der Waals surface area (Å²) in [5, 5.41) is 0. The van der Waals surface area contributed by atoms with E-state index in [0.717, 1.165) is 6.42 Å². The van der Waals surface area contributed by atoms with Gasteiger partial charge in [-0.3, -0.25) is 9.20 Å². The van der Waals surface area contributed by atoms with Crippen LogP contribution in [0.1, 0.15) is 36.3 Å². The van der Waals surface area contributed by atoms with E-state index in [-0.39, 0.29) is 40.2 Å². The van der Waals surface area contributed by atoms with E-state index in [1.807, 2.05) is 13.8 Å². The number of ether oxygens (including phenoxy) is 2. The van der Waals surface area contributed by atoms with Gasteiger partial charge in [0.15, 0.2) is 0 Å². The molecule has 10 heteroatoms. The number of aromatic nitrogens is 2. The maximum atomic E-state index is 13.4. The summed E-state index contributed by atoms with van der Waals surface area (Å²) in [7, 11) is -2.49. The summed E-state index contributed by atoms with van der Waals surface area (Å²) in [5.74, 6) is -0.103. The minimum Gasteiger partial charge on any atom is -0.495 e. The Balaban J connectivity index is 1.57. The van der Waals surface area contributed by atoms with Crippen molar-refractivity contribution >= 4 is 21.6 Å². The molecule has 1 aliphatic heterocycles. The number of rotatable bonds is 6. The van der Waals surface area contributed by atoms with Gasteiger partial charge in [0.1, 0.15) is 22.9 Å². The topological polar surface area (TPSA) is 107 Å². The monoisotopic (exact) mass is 485 g/mol. The quantitative estimate of drug-likeness (QED) is 0.494. The highest BCUT2D eigenvalue weighted by Crippen LogP contribution is 2.32. The Morgan fingerprint density at radius 3 is 2.56 bits per heavy atom. The van der Waals surface area contributed by atoms with E-state index in [1.165, 1.54) is 40.1 Å². The summed E-state index contributed by atoms with van der Waals surface area (Å²) in [6, 6.07) is 10.6. The van der Waals surface area contributed by atoms with Crippen LogP contribution in [-0.2, 0) is 21.4 Å². The van der Waals surface area contributed by atoms with Crippen molar-refractivity contribution in [2.75, 3.05) is 20.2 Å². The first kappa shape index (κ1) is 23.9. The van der Waals surface area contributed by atoms with Crippen molar-refractivity contribution in [2.45, 2.75) is 31.8 Å². The largest absolute Gasteiger partial charge is 0.495 e. The number of sulfonamides is 1. The molecule has 1 saturated heterocycles. The number of carbonyl (C=O) groups excluding carboxylic acids is 1. The van der Waals surface area contributed by atoms with Gasteiger partial charge in [-0.15, -0.1) is 0 Å². The number of pyridine rings is 1. The zero-order valence-electron chi connectivity index (χ0n) is 19.3. The average molecular weight is 486 g/mol. The highest BCUT2D eigenvalue weighted by Gasteiger charge is 2.34. The van der Waals surface area contributed by atoms with Gasteiger partial charge in [-0.1, -0.05) is 19.9 Å². The number of carbonyl (C=O) groups is 1. The van der Waals surface area contributed by atoms with Crippen LogP contribution in [0.15, 0.2) is 58.4 Å². The molecule has 1 aromatic carbocycles. The van der Waals surface area contributed by atoms with E-state index < -0.39 is 16.0 Å². The average Bonchev–Trinajstić information content (AvgIpc) is 2.81. The molecular formula is C24H27N3O6S. The third-order valence-corrected chi connectivity index (χ3v) is 7.68. The van der Waals surface area contributed by atoms with Crippen LogP contribution in [0.25, 0.3) is 5.65 Å². The van der Waals surface area contributed by atoms with Crippen molar-refractivity contribution in [3.8, 4) is 5.75 Å². The molecule has 2 atom stereocenters. The minimum absolute atomic E-state index is 0.0648. The molecule has 3 heterocycles. The first-order chi connectivity index (χ1) is 16.2. The Morgan fingerprint density at radius 2 is 1.85 bits per heavy atom. The lowest BCUT2D eigenvalue weighted by Crippen LogP contribution is -2.42. The molecule has 4 rings (SSSR count). The second kappa shape index (κ2) is 9.55. The lowest BCUT2D eigenvalue weighted by atomic mass is 9.94. The molecular weight excluding hydrogens is 458 g/mol. The molecule has 0 amide bonds. The predicted molar refractivity (Wildman–Crippen MR) is 125 cm³/mol. The zero-order valence-corrected chi connectivity index (χ0v) is 20.1. The van der Waals surface area contributed by atoms with Crippen LogP contribution in [0.2, 0.25) is 0 Å². The molecule has 3 aromatic rings. The molecule has 1 aliphatic rings. The fourth-order valence-electron chi connectivity index (χ4n) is 4.35. The second-order valence-corrected chi connectivity index (χ2v) is 10.6. The molecule has 180 valence electrons. The van der Waals surface area contributed by atoms with Crippen molar-refractivity contribution in [3.63, 3.8) is 0 Å². The molecule has 0 bridgehead atoms. The van der Waals surface area contributed by atoms with Gasteiger partial charge >= 0.3 is 5.97 Å². The summed E-state index contributed by atoms with van der Waals surface area (Å²) in [5.41, 5.74) is 0.500. The number of esters is 1. The van der Waals surface area contributed by atoms with E-state index in [9.17, 15) is 18.0 Å². The fraction of sp³-hybridized carbons (Fsp3) is 0.375. The van der Waals surface area contributed by atoms with E-state index in [0.29, 0.717) is 24.4 Å². The summed E-state index contributed by atoms with van der Waals surface area (Å²) in [6.07, 6.45) is 2.56. The third-order valence-electron chi connectivity index (χ3n) is 5.83. The summed E-state index contributed by atoms with van der Waals surface area (Å²) in [6.45, 7) is 4.64. The number of fused-ring (bicyclic) bond motifs is 1. The molecule has 0 aliphatic carbocycles. The number of benzene rings is 1. The molecule has 34 heavy (non-hydrogen) atoms. The standard InChI is InChI=1S/C24H27N3O6S/c1-16-10-17(2)14-26(13-16)34(30,31)21-11-18(7-8-20(21)32-3)24(29)33-15-19-12-23(28)27-9-5-4-6-22(27)25-19/h4-9,11-12,16-17H,10,13-15H2,1-3H3. The number of hydrogen-bond acceptors (Lipinski definition) is 7. The van der Waals surface area contributed by atoms with E-state index in [1.54, 1.807) is 24.4 Å². The minimum atomic E-state index is -3.88. The van der Waals surface area contributed by atoms with Crippen LogP contribution in [0.3, 0.4) is 0 Å². The fourth-order valence-corrected chi connectivity index (χ4v) is 6.21. The van der Waals surface area contributed by atoms with Gasteiger partial charge < -0.3 is 9.47 Å². The molecule has 0 N–H and O–H groups in total. The van der Waals surface area contributed by atoms with Crippen molar-refractivity contribution in [3.05, 3.63) is 70.3 Å². The van der Waals surface area contributed by atoms with E-state index in [4.69, 9.17) is 9.47 Å². The van der Waals surface area contributed by atoms with Gasteiger partial charge in [0, 0.05) is 25.4 Å². The molecule has 0 saturated carbocycles. The molecule has 0 spiro atoms. The maximum Gasteiger partial charge on any atom is 0.338 e. The van der Waals surface area contributed by atoms with Gasteiger partial charge in [0.25, 0.3) is 5.56 Å². The third kappa shape index (κ3) is 4.83. The lowest BCUT2D eigenvalue weighted by Gasteiger charge is -2.34. The van der Waals surface area contributed by atoms with E-state index >= 15 is 0 Å². The maximum absolute atomic E-state index is 13.4. The van der Waals surface area contributed by atoms with Crippen LogP contribution >= 0.6 is 0 Å². The van der Waals surface area contributed by atoms with Crippen LogP contribution in [0.4, 0.5) is 0 Å². The van der Waals surface area contributed by atoms with Crippen molar-refractivity contribution in [1.82, 2.24) is 13.7 Å². The Labute approximate surface area is 198 Å². The second-order valence-electron chi connectivity index (χ2n) is 8.72. The van der Waals surface area contributed by atoms with Crippen molar-refractivity contribution in [1.29, 1.82) is 0 Å². The number of nitrogens with zero attached hydrogens (tertiary/aromatic N) is 3. The number of hydrogen-bond donors (Lipinski definition) is 0. The Kier molecular flexibility index (Phi) is 6.72. The van der Waals surface area contributed by atoms with Crippen molar-refractivity contribution in [2.24, 2.45) is 11.8 Å². The first-order valence-electron chi connectivity index (χ1n) is 11.0. The van der Waals surface area contributed by atoms with Crippen LogP contribution in [0, 0.1) is 11.8 Å². The molecule has 9 nitrogen and oxygen atoms in total. The zero-order chi connectivity index (χ0) is 24.5. The van der Waals surface area contributed by atoms with Crippen molar-refractivity contribution < 1.29 is 22.7 Å². The van der Waals surface area contributed by atoms with Crippen LogP contribution < -0.4 is 10.3 Å². The highest BCUT2D eigenvalue weighted by atomic mass is 32.2. The first-order valence-corrected chi connectivity index (χ1v) is 12.5. The van der Waals surface area contributed by atoms with Gasteiger partial charge in [0.2, 0.25) is 10.0 Å². The normalized spacial score (nSPS) is 19.1. The van der Waals surface area contributed by atoms with Crippen LogP contribution in [0.5, 0.6) is 5.75 Å². The Hall–Kier alpha value is -3.24. The Bertz CT molecular complexity index is 1370. The summed E-state index contributed by atoms with van der Waals surface area (Å²) >= 11 is 0. The number of piperidine rings is 1. The van der Waals surface area contributed by atoms with Gasteiger partial charge in [-0.2, -0.15) is 4.31 Å². The number of methoxy groups -OCH3 is 1. The van der Waals surface area contributed by atoms with Gasteiger partial charge in [-0.05, 0) is 48.6 Å². The molecule has 2 unspecified atom stereocenters. The summed E-state index contributed by atoms with van der Waals surface area (Å²) in [4.78, 5) is 29.2. The molecule has 1 fully saturated rings. The molecule has 0 radical (unpaired) electrons. The van der Waals surface area contributed by atoms with E-state index in [2.05, 4.69) is 4.98 Å². The van der Waals surface area contributed by atoms with Gasteiger partial charge in [0.05, 0.1) is 18.4 Å². The predicted octanol–water partition coefficient (Wildman–Crippen LogP) is 2.73.